The molecule has 2 aromatic rings. The van der Waals surface area contributed by atoms with Crippen molar-refractivity contribution < 1.29 is 18.7 Å². The summed E-state index contributed by atoms with van der Waals surface area (Å²) in [6.07, 6.45) is 2.68. The number of carbonyl (C=O) groups is 2. The summed E-state index contributed by atoms with van der Waals surface area (Å²) in [5.74, 6) is -0.572. The topological polar surface area (TPSA) is 81.4 Å². The Morgan fingerprint density at radius 1 is 1.44 bits per heavy atom. The van der Waals surface area contributed by atoms with Gasteiger partial charge in [0.25, 0.3) is 11.8 Å². The molecular weight excluding hydrogens is 343 g/mol. The minimum Gasteiger partial charge on any atom is -0.484 e. The third-order valence-electron chi connectivity index (χ3n) is 4.18. The van der Waals surface area contributed by atoms with E-state index in [1.54, 1.807) is 6.07 Å². The molecule has 0 aliphatic heterocycles. The Morgan fingerprint density at radius 3 is 2.96 bits per heavy atom. The van der Waals surface area contributed by atoms with Crippen molar-refractivity contribution in [3.63, 3.8) is 0 Å². The van der Waals surface area contributed by atoms with Gasteiger partial charge in [-0.05, 0) is 42.9 Å². The van der Waals surface area contributed by atoms with Crippen molar-refractivity contribution in [2.45, 2.75) is 26.2 Å². The summed E-state index contributed by atoms with van der Waals surface area (Å²) in [6, 6.07) is 5.56. The first kappa shape index (κ1) is 17.4. The summed E-state index contributed by atoms with van der Waals surface area (Å²) in [7, 11) is 0. The van der Waals surface area contributed by atoms with Crippen LogP contribution in [0.4, 0.5) is 9.39 Å². The molecule has 0 radical (unpaired) electrons. The van der Waals surface area contributed by atoms with E-state index in [1.807, 2.05) is 0 Å². The van der Waals surface area contributed by atoms with Gasteiger partial charge in [-0.2, -0.15) is 0 Å². The highest BCUT2D eigenvalue weighted by Gasteiger charge is 2.27. The monoisotopic (exact) mass is 362 g/mol. The van der Waals surface area contributed by atoms with E-state index in [0.717, 1.165) is 29.7 Å². The van der Waals surface area contributed by atoms with E-state index in [1.165, 1.54) is 29.5 Å². The molecule has 0 fully saturated rings. The van der Waals surface area contributed by atoms with Gasteiger partial charge in [-0.25, -0.2) is 4.39 Å². The minimum atomic E-state index is -0.534. The number of fused-ring (bicyclic) bond motifs is 1. The Morgan fingerprint density at radius 2 is 2.24 bits per heavy atom. The number of hydrogen-bond donors (Lipinski definition) is 2. The first-order valence-electron chi connectivity index (χ1n) is 8.06. The van der Waals surface area contributed by atoms with Crippen LogP contribution in [0.2, 0.25) is 0 Å². The van der Waals surface area contributed by atoms with Crippen LogP contribution in [0.3, 0.4) is 0 Å². The summed E-state index contributed by atoms with van der Waals surface area (Å²) in [5, 5.41) is 3.18. The second kappa shape index (κ2) is 7.23. The van der Waals surface area contributed by atoms with Crippen molar-refractivity contribution in [1.82, 2.24) is 0 Å². The lowest BCUT2D eigenvalue weighted by atomic mass is 9.88. The van der Waals surface area contributed by atoms with E-state index >= 15 is 0 Å². The fraction of sp³-hybridized carbons (Fsp3) is 0.333. The lowest BCUT2D eigenvalue weighted by Gasteiger charge is -2.18. The smallest absolute Gasteiger partial charge is 0.262 e. The molecule has 0 bridgehead atoms. The summed E-state index contributed by atoms with van der Waals surface area (Å²) >= 11 is 1.40. The van der Waals surface area contributed by atoms with Crippen molar-refractivity contribution in [3.05, 3.63) is 46.1 Å². The second-order valence-electron chi connectivity index (χ2n) is 6.21. The number of amides is 2. The van der Waals surface area contributed by atoms with Gasteiger partial charge in [0, 0.05) is 10.9 Å². The largest absolute Gasteiger partial charge is 0.484 e. The Labute approximate surface area is 149 Å². The number of benzene rings is 1. The van der Waals surface area contributed by atoms with E-state index < -0.39 is 17.6 Å². The summed E-state index contributed by atoms with van der Waals surface area (Å²) in [5.41, 5.74) is 6.88. The Hall–Kier alpha value is -2.41. The maximum Gasteiger partial charge on any atom is 0.262 e. The standard InChI is InChI=1S/C18H19FN2O3S/c1-10-5-6-13-14(7-10)25-18(16(13)17(20)23)21-15(22)9-24-12-4-2-3-11(19)8-12/h2-4,8,10H,5-7,9H2,1H3,(H2,20,23)(H,21,22). The number of nitrogens with one attached hydrogen (secondary N) is 1. The molecule has 1 aromatic heterocycles. The molecule has 1 aliphatic rings. The van der Waals surface area contributed by atoms with Crippen LogP contribution in [0.15, 0.2) is 24.3 Å². The van der Waals surface area contributed by atoms with Crippen molar-refractivity contribution in [3.8, 4) is 5.75 Å². The number of thiophene rings is 1. The quantitative estimate of drug-likeness (QED) is 0.857. The zero-order chi connectivity index (χ0) is 18.0. The average Bonchev–Trinajstić information content (AvgIpc) is 2.90. The van der Waals surface area contributed by atoms with Crippen LogP contribution < -0.4 is 15.8 Å². The first-order chi connectivity index (χ1) is 11.9. The van der Waals surface area contributed by atoms with Gasteiger partial charge >= 0.3 is 0 Å². The highest BCUT2D eigenvalue weighted by Crippen LogP contribution is 2.39. The molecule has 2 amide bonds. The summed E-state index contributed by atoms with van der Waals surface area (Å²) in [4.78, 5) is 25.1. The lowest BCUT2D eigenvalue weighted by Crippen LogP contribution is -2.22. The van der Waals surface area contributed by atoms with Gasteiger partial charge in [0.15, 0.2) is 6.61 Å². The van der Waals surface area contributed by atoms with Crippen LogP contribution >= 0.6 is 11.3 Å². The SMILES string of the molecule is CC1CCc2c(sc(NC(=O)COc3cccc(F)c3)c2C(N)=O)C1. The molecular formula is C18H19FN2O3S. The van der Waals surface area contributed by atoms with E-state index in [9.17, 15) is 14.0 Å². The number of carbonyl (C=O) groups excluding carboxylic acids is 2. The average molecular weight is 362 g/mol. The highest BCUT2D eigenvalue weighted by atomic mass is 32.1. The molecule has 25 heavy (non-hydrogen) atoms. The van der Waals surface area contributed by atoms with Crippen molar-refractivity contribution in [1.29, 1.82) is 0 Å². The lowest BCUT2D eigenvalue weighted by molar-refractivity contribution is -0.118. The first-order valence-corrected chi connectivity index (χ1v) is 8.88. The third-order valence-corrected chi connectivity index (χ3v) is 5.35. The molecule has 0 saturated heterocycles. The van der Waals surface area contributed by atoms with Crippen molar-refractivity contribution in [2.75, 3.05) is 11.9 Å². The number of primary amides is 1. The number of halogens is 1. The number of hydrogen-bond acceptors (Lipinski definition) is 4. The fourth-order valence-corrected chi connectivity index (χ4v) is 4.40. The molecule has 0 spiro atoms. The van der Waals surface area contributed by atoms with Crippen molar-refractivity contribution >= 4 is 28.2 Å². The molecule has 3 N–H and O–H groups in total. The van der Waals surface area contributed by atoms with Crippen molar-refractivity contribution in [2.24, 2.45) is 11.7 Å². The molecule has 3 rings (SSSR count). The number of anilines is 1. The molecule has 1 heterocycles. The Bertz CT molecular complexity index is 819. The van der Waals surface area contributed by atoms with Gasteiger partial charge in [-0.3, -0.25) is 9.59 Å². The van der Waals surface area contributed by atoms with Crippen LogP contribution in [-0.2, 0) is 17.6 Å². The zero-order valence-corrected chi connectivity index (χ0v) is 14.6. The normalized spacial score (nSPS) is 16.2. The third kappa shape index (κ3) is 3.99. The molecule has 1 aliphatic carbocycles. The van der Waals surface area contributed by atoms with Crippen LogP contribution in [0.25, 0.3) is 0 Å². The predicted octanol–water partition coefficient (Wildman–Crippen LogP) is 3.13. The fourth-order valence-electron chi connectivity index (χ4n) is 2.97. The summed E-state index contributed by atoms with van der Waals surface area (Å²) < 4.78 is 18.4. The number of rotatable bonds is 5. The number of nitrogens with two attached hydrogens (primary N) is 1. The molecule has 1 atom stereocenters. The van der Waals surface area contributed by atoms with Crippen LogP contribution in [0, 0.1) is 11.7 Å². The van der Waals surface area contributed by atoms with E-state index in [2.05, 4.69) is 12.2 Å². The maximum absolute atomic E-state index is 13.1. The maximum atomic E-state index is 13.1. The second-order valence-corrected chi connectivity index (χ2v) is 7.32. The van der Waals surface area contributed by atoms with Gasteiger partial charge in [-0.1, -0.05) is 13.0 Å². The molecule has 7 heteroatoms. The Balaban J connectivity index is 1.71. The van der Waals surface area contributed by atoms with Gasteiger partial charge < -0.3 is 15.8 Å². The van der Waals surface area contributed by atoms with Crippen LogP contribution in [-0.4, -0.2) is 18.4 Å². The van der Waals surface area contributed by atoms with Crippen LogP contribution in [0.1, 0.15) is 34.1 Å². The highest BCUT2D eigenvalue weighted by molar-refractivity contribution is 7.17. The molecule has 0 saturated carbocycles. The molecule has 132 valence electrons. The van der Waals surface area contributed by atoms with E-state index in [-0.39, 0.29) is 12.4 Å². The number of ether oxygens (including phenoxy) is 1. The summed E-state index contributed by atoms with van der Waals surface area (Å²) in [6.45, 7) is 1.89. The predicted molar refractivity (Wildman–Crippen MR) is 94.6 cm³/mol. The van der Waals surface area contributed by atoms with E-state index in [0.29, 0.717) is 16.5 Å². The van der Waals surface area contributed by atoms with E-state index in [4.69, 9.17) is 10.5 Å². The van der Waals surface area contributed by atoms with Gasteiger partial charge in [0.2, 0.25) is 0 Å². The van der Waals surface area contributed by atoms with Crippen LogP contribution in [0.5, 0.6) is 5.75 Å². The molecule has 5 nitrogen and oxygen atoms in total. The zero-order valence-electron chi connectivity index (χ0n) is 13.8. The van der Waals surface area contributed by atoms with Gasteiger partial charge in [0.1, 0.15) is 16.6 Å². The minimum absolute atomic E-state index is 0.268. The molecule has 1 unspecified atom stereocenters. The van der Waals surface area contributed by atoms with Gasteiger partial charge in [0.05, 0.1) is 5.56 Å². The van der Waals surface area contributed by atoms with Gasteiger partial charge in [-0.15, -0.1) is 11.3 Å². The molecule has 1 aromatic carbocycles. The Kier molecular flexibility index (Phi) is 5.03.